The van der Waals surface area contributed by atoms with E-state index in [0.29, 0.717) is 23.3 Å². The predicted molar refractivity (Wildman–Crippen MR) is 92.6 cm³/mol. The van der Waals surface area contributed by atoms with Crippen LogP contribution >= 0.6 is 0 Å². The molecule has 3 nitrogen and oxygen atoms in total. The van der Waals surface area contributed by atoms with Gasteiger partial charge >= 0.3 is 0 Å². The quantitative estimate of drug-likeness (QED) is 0.691. The third-order valence-corrected chi connectivity index (χ3v) is 5.39. The standard InChI is InChI=1S/C20H26N2O/c1-21-17-10-8-9-16(15-17)20(23)22(18-11-4-2-5-12-18)19-13-6-3-7-14-19/h8-10,15,18-19H,2-7,11-14H2. The zero-order valence-electron chi connectivity index (χ0n) is 13.8. The summed E-state index contributed by atoms with van der Waals surface area (Å²) in [7, 11) is 0. The molecule has 0 heterocycles. The van der Waals surface area contributed by atoms with E-state index in [9.17, 15) is 4.79 Å². The summed E-state index contributed by atoms with van der Waals surface area (Å²) >= 11 is 0. The van der Waals surface area contributed by atoms with Gasteiger partial charge in [-0.15, -0.1) is 0 Å². The highest BCUT2D eigenvalue weighted by atomic mass is 16.2. The molecule has 0 spiro atoms. The first-order valence-electron chi connectivity index (χ1n) is 9.10. The molecule has 1 amide bonds. The van der Waals surface area contributed by atoms with Gasteiger partial charge in [-0.3, -0.25) is 4.79 Å². The molecule has 0 bridgehead atoms. The van der Waals surface area contributed by atoms with Crippen molar-refractivity contribution >= 4 is 11.6 Å². The van der Waals surface area contributed by atoms with Gasteiger partial charge < -0.3 is 4.90 Å². The van der Waals surface area contributed by atoms with E-state index in [1.165, 1.54) is 38.5 Å². The molecule has 0 radical (unpaired) electrons. The molecule has 0 unspecified atom stereocenters. The second kappa shape index (κ2) is 7.64. The summed E-state index contributed by atoms with van der Waals surface area (Å²) in [5.74, 6) is 0.147. The highest BCUT2D eigenvalue weighted by Crippen LogP contribution is 2.31. The molecular formula is C20H26N2O. The molecule has 0 aromatic heterocycles. The monoisotopic (exact) mass is 310 g/mol. The number of amides is 1. The third-order valence-electron chi connectivity index (χ3n) is 5.39. The molecule has 1 aromatic rings. The fourth-order valence-electron chi connectivity index (χ4n) is 4.21. The number of carbonyl (C=O) groups is 1. The zero-order chi connectivity index (χ0) is 16.1. The minimum atomic E-state index is 0.147. The van der Waals surface area contributed by atoms with Crippen LogP contribution in [0.3, 0.4) is 0 Å². The van der Waals surface area contributed by atoms with Crippen molar-refractivity contribution in [2.45, 2.75) is 76.3 Å². The molecule has 3 heteroatoms. The van der Waals surface area contributed by atoms with Gasteiger partial charge in [0.2, 0.25) is 0 Å². The maximum absolute atomic E-state index is 13.2. The fraction of sp³-hybridized carbons (Fsp3) is 0.600. The normalized spacial score (nSPS) is 20.0. The Morgan fingerprint density at radius 2 is 1.52 bits per heavy atom. The van der Waals surface area contributed by atoms with Gasteiger partial charge in [0.15, 0.2) is 5.69 Å². The predicted octanol–water partition coefficient (Wildman–Crippen LogP) is 5.34. The lowest BCUT2D eigenvalue weighted by Crippen LogP contribution is -2.48. The SMILES string of the molecule is [C-]#[N+]c1cccc(C(=O)N(C2CCCCC2)C2CCCCC2)c1. The van der Waals surface area contributed by atoms with Crippen molar-refractivity contribution < 1.29 is 4.79 Å². The van der Waals surface area contributed by atoms with E-state index in [1.54, 1.807) is 12.1 Å². The van der Waals surface area contributed by atoms with Crippen LogP contribution in [0, 0.1) is 6.57 Å². The van der Waals surface area contributed by atoms with Gasteiger partial charge in [0, 0.05) is 17.6 Å². The number of hydrogen-bond acceptors (Lipinski definition) is 1. The summed E-state index contributed by atoms with van der Waals surface area (Å²) in [6.45, 7) is 7.18. The van der Waals surface area contributed by atoms with Crippen molar-refractivity contribution in [2.24, 2.45) is 0 Å². The molecule has 0 atom stereocenters. The molecule has 2 fully saturated rings. The van der Waals surface area contributed by atoms with Gasteiger partial charge in [0.25, 0.3) is 5.91 Å². The first-order chi connectivity index (χ1) is 11.3. The molecule has 1 aromatic carbocycles. The van der Waals surface area contributed by atoms with Crippen molar-refractivity contribution in [3.63, 3.8) is 0 Å². The average molecular weight is 310 g/mol. The first-order valence-corrected chi connectivity index (χ1v) is 9.10. The van der Waals surface area contributed by atoms with Crippen molar-refractivity contribution in [1.29, 1.82) is 0 Å². The second-order valence-corrected chi connectivity index (χ2v) is 6.96. The molecule has 2 aliphatic rings. The lowest BCUT2D eigenvalue weighted by atomic mass is 9.88. The van der Waals surface area contributed by atoms with E-state index in [2.05, 4.69) is 9.74 Å². The highest BCUT2D eigenvalue weighted by Gasteiger charge is 2.32. The Labute approximate surface area is 139 Å². The summed E-state index contributed by atoms with van der Waals surface area (Å²) in [6.07, 6.45) is 12.1. The maximum atomic E-state index is 13.2. The number of carbonyl (C=O) groups excluding carboxylic acids is 1. The fourth-order valence-corrected chi connectivity index (χ4v) is 4.21. The molecule has 0 N–H and O–H groups in total. The number of rotatable bonds is 3. The lowest BCUT2D eigenvalue weighted by molar-refractivity contribution is 0.0448. The van der Waals surface area contributed by atoms with Crippen LogP contribution in [-0.2, 0) is 0 Å². The van der Waals surface area contributed by atoms with Crippen molar-refractivity contribution in [2.75, 3.05) is 0 Å². The van der Waals surface area contributed by atoms with Crippen LogP contribution in [0.25, 0.3) is 4.85 Å². The molecule has 2 aliphatic carbocycles. The molecular weight excluding hydrogens is 284 g/mol. The Hall–Kier alpha value is -1.82. The number of benzene rings is 1. The van der Waals surface area contributed by atoms with Crippen molar-refractivity contribution in [3.8, 4) is 0 Å². The Balaban J connectivity index is 1.86. The van der Waals surface area contributed by atoms with E-state index < -0.39 is 0 Å². The number of hydrogen-bond donors (Lipinski definition) is 0. The van der Waals surface area contributed by atoms with Crippen LogP contribution in [-0.4, -0.2) is 22.9 Å². The Bertz CT molecular complexity index is 560. The molecule has 2 saturated carbocycles. The Kier molecular flexibility index (Phi) is 5.33. The van der Waals surface area contributed by atoms with Crippen LogP contribution < -0.4 is 0 Å². The lowest BCUT2D eigenvalue weighted by Gasteiger charge is -2.42. The summed E-state index contributed by atoms with van der Waals surface area (Å²) < 4.78 is 0. The second-order valence-electron chi connectivity index (χ2n) is 6.96. The van der Waals surface area contributed by atoms with Gasteiger partial charge in [-0.05, 0) is 31.7 Å². The van der Waals surface area contributed by atoms with Crippen LogP contribution in [0.5, 0.6) is 0 Å². The number of nitrogens with zero attached hydrogens (tertiary/aromatic N) is 2. The van der Waals surface area contributed by atoms with E-state index >= 15 is 0 Å². The van der Waals surface area contributed by atoms with E-state index in [0.717, 1.165) is 25.7 Å². The van der Waals surface area contributed by atoms with Gasteiger partial charge in [-0.1, -0.05) is 56.7 Å². The van der Waals surface area contributed by atoms with Gasteiger partial charge in [-0.2, -0.15) is 0 Å². The smallest absolute Gasteiger partial charge is 0.253 e. The average Bonchev–Trinajstić information content (AvgIpc) is 2.64. The van der Waals surface area contributed by atoms with Gasteiger partial charge in [0.1, 0.15) is 0 Å². The van der Waals surface area contributed by atoms with E-state index in [-0.39, 0.29) is 5.91 Å². The summed E-state index contributed by atoms with van der Waals surface area (Å²) in [6, 6.07) is 8.03. The highest BCUT2D eigenvalue weighted by molar-refractivity contribution is 5.95. The largest absolute Gasteiger partial charge is 0.333 e. The minimum Gasteiger partial charge on any atom is -0.333 e. The first kappa shape index (κ1) is 16.1. The van der Waals surface area contributed by atoms with Gasteiger partial charge in [0.05, 0.1) is 6.57 Å². The van der Waals surface area contributed by atoms with Gasteiger partial charge in [-0.25, -0.2) is 4.85 Å². The van der Waals surface area contributed by atoms with Crippen LogP contribution in [0.15, 0.2) is 24.3 Å². The summed E-state index contributed by atoms with van der Waals surface area (Å²) in [4.78, 5) is 18.9. The molecule has 122 valence electrons. The topological polar surface area (TPSA) is 24.7 Å². The maximum Gasteiger partial charge on any atom is 0.253 e. The third kappa shape index (κ3) is 3.75. The van der Waals surface area contributed by atoms with E-state index in [4.69, 9.17) is 6.57 Å². The summed E-state index contributed by atoms with van der Waals surface area (Å²) in [5, 5.41) is 0. The zero-order valence-corrected chi connectivity index (χ0v) is 13.8. The molecule has 3 rings (SSSR count). The van der Waals surface area contributed by atoms with Crippen LogP contribution in [0.2, 0.25) is 0 Å². The van der Waals surface area contributed by atoms with Crippen molar-refractivity contribution in [1.82, 2.24) is 4.90 Å². The Morgan fingerprint density at radius 3 is 2.04 bits per heavy atom. The van der Waals surface area contributed by atoms with Crippen LogP contribution in [0.4, 0.5) is 5.69 Å². The molecule has 23 heavy (non-hydrogen) atoms. The Morgan fingerprint density at radius 1 is 0.957 bits per heavy atom. The molecule has 0 aliphatic heterocycles. The summed E-state index contributed by atoms with van der Waals surface area (Å²) in [5.41, 5.74) is 1.25. The van der Waals surface area contributed by atoms with Crippen LogP contribution in [0.1, 0.15) is 74.6 Å². The molecule has 0 saturated heterocycles. The van der Waals surface area contributed by atoms with Crippen molar-refractivity contribution in [3.05, 3.63) is 41.2 Å². The van der Waals surface area contributed by atoms with E-state index in [1.807, 2.05) is 12.1 Å². The minimum absolute atomic E-state index is 0.147.